The van der Waals surface area contributed by atoms with Crippen molar-refractivity contribution in [3.8, 4) is 5.75 Å². The third-order valence-electron chi connectivity index (χ3n) is 5.24. The van der Waals surface area contributed by atoms with Crippen molar-refractivity contribution < 1.29 is 14.9 Å². The first-order chi connectivity index (χ1) is 13.2. The summed E-state index contributed by atoms with van der Waals surface area (Å²) in [5.41, 5.74) is 2.46. The lowest BCUT2D eigenvalue weighted by atomic mass is 10.0. The molecule has 0 fully saturated rings. The molecule has 0 aliphatic carbocycles. The van der Waals surface area contributed by atoms with Crippen molar-refractivity contribution in [3.05, 3.63) is 65.7 Å². The molecule has 1 aliphatic heterocycles. The Morgan fingerprint density at radius 1 is 0.852 bits per heavy atom. The Kier molecular flexibility index (Phi) is 7.69. The third-order valence-corrected chi connectivity index (χ3v) is 5.24. The Morgan fingerprint density at radius 2 is 1.63 bits per heavy atom. The van der Waals surface area contributed by atoms with Gasteiger partial charge in [0.25, 0.3) is 0 Å². The fraction of sp³-hybridized carbons (Fsp3) is 0.478. The largest absolute Gasteiger partial charge is 0.491 e. The van der Waals surface area contributed by atoms with Crippen molar-refractivity contribution in [1.29, 1.82) is 0 Å². The van der Waals surface area contributed by atoms with Crippen LogP contribution < -0.4 is 4.74 Å². The molecule has 1 aliphatic rings. The second-order valence-corrected chi connectivity index (χ2v) is 7.41. The number of hydrogen-bond donors (Lipinski definition) is 2. The summed E-state index contributed by atoms with van der Waals surface area (Å²) in [6, 6.07) is 18.4. The highest BCUT2D eigenvalue weighted by Gasteiger charge is 2.19. The van der Waals surface area contributed by atoms with Gasteiger partial charge in [0.1, 0.15) is 18.5 Å². The lowest BCUT2D eigenvalue weighted by Gasteiger charge is -2.26. The standard InChI is InChI=1S/C23H31NO3/c25-21-14-16-24(17-19-9-3-1-4-10-19)15-8-2-5-11-20-12-6-7-13-23(20)27-18-22(21)26/h1,3-4,6-7,9-10,12-13,21-22,25-26H,2,5,8,11,14-18H2/t21-,22+/m0/s1. The summed E-state index contributed by atoms with van der Waals surface area (Å²) in [6.07, 6.45) is 3.30. The van der Waals surface area contributed by atoms with Gasteiger partial charge in [-0.15, -0.1) is 0 Å². The molecule has 0 saturated carbocycles. The minimum atomic E-state index is -0.875. The van der Waals surface area contributed by atoms with Crippen molar-refractivity contribution in [2.45, 2.75) is 50.9 Å². The SMILES string of the molecule is O[C@@H]1COc2ccccc2CCCCCN(Cc2ccccc2)CC[C@@H]1O. The molecule has 2 atom stereocenters. The molecule has 146 valence electrons. The molecule has 1 heterocycles. The lowest BCUT2D eigenvalue weighted by molar-refractivity contribution is -0.0163. The van der Waals surface area contributed by atoms with Gasteiger partial charge in [-0.05, 0) is 49.4 Å². The summed E-state index contributed by atoms with van der Waals surface area (Å²) in [7, 11) is 0. The van der Waals surface area contributed by atoms with E-state index in [4.69, 9.17) is 4.74 Å². The van der Waals surface area contributed by atoms with Crippen LogP contribution in [0.5, 0.6) is 5.75 Å². The maximum atomic E-state index is 10.4. The quantitative estimate of drug-likeness (QED) is 0.852. The highest BCUT2D eigenvalue weighted by atomic mass is 16.5. The molecule has 2 aromatic rings. The number of nitrogens with zero attached hydrogens (tertiary/aromatic N) is 1. The zero-order valence-electron chi connectivity index (χ0n) is 16.0. The number of para-hydroxylation sites is 1. The van der Waals surface area contributed by atoms with Gasteiger partial charge in [-0.1, -0.05) is 55.0 Å². The van der Waals surface area contributed by atoms with Crippen LogP contribution in [0.15, 0.2) is 54.6 Å². The Hall–Kier alpha value is -1.88. The van der Waals surface area contributed by atoms with Crippen molar-refractivity contribution in [3.63, 3.8) is 0 Å². The highest BCUT2D eigenvalue weighted by Crippen LogP contribution is 2.21. The van der Waals surface area contributed by atoms with Crippen LogP contribution in [0.25, 0.3) is 0 Å². The van der Waals surface area contributed by atoms with Crippen LogP contribution in [-0.2, 0) is 13.0 Å². The zero-order chi connectivity index (χ0) is 18.9. The number of rotatable bonds is 2. The molecular weight excluding hydrogens is 338 g/mol. The normalized spacial score (nSPS) is 23.0. The minimum absolute atomic E-state index is 0.122. The van der Waals surface area contributed by atoms with E-state index in [0.717, 1.165) is 44.6 Å². The highest BCUT2D eigenvalue weighted by molar-refractivity contribution is 5.33. The van der Waals surface area contributed by atoms with Gasteiger partial charge < -0.3 is 14.9 Å². The van der Waals surface area contributed by atoms with E-state index in [1.807, 2.05) is 24.3 Å². The van der Waals surface area contributed by atoms with Crippen molar-refractivity contribution in [2.75, 3.05) is 19.7 Å². The van der Waals surface area contributed by atoms with Gasteiger partial charge >= 0.3 is 0 Å². The van der Waals surface area contributed by atoms with E-state index >= 15 is 0 Å². The van der Waals surface area contributed by atoms with E-state index in [9.17, 15) is 10.2 Å². The lowest BCUT2D eigenvalue weighted by Crippen LogP contribution is -2.36. The molecule has 0 unspecified atom stereocenters. The van der Waals surface area contributed by atoms with Gasteiger partial charge in [-0.2, -0.15) is 0 Å². The molecule has 27 heavy (non-hydrogen) atoms. The van der Waals surface area contributed by atoms with Crippen LogP contribution in [0.1, 0.15) is 36.8 Å². The molecule has 3 rings (SSSR count). The molecule has 0 amide bonds. The summed E-state index contributed by atoms with van der Waals surface area (Å²) in [6.45, 7) is 2.78. The first-order valence-electron chi connectivity index (χ1n) is 10.1. The van der Waals surface area contributed by atoms with Gasteiger partial charge in [-0.3, -0.25) is 4.90 Å². The second kappa shape index (κ2) is 10.5. The topological polar surface area (TPSA) is 52.9 Å². The van der Waals surface area contributed by atoms with Crippen molar-refractivity contribution in [2.24, 2.45) is 0 Å². The molecule has 0 radical (unpaired) electrons. The number of ether oxygens (including phenoxy) is 1. The van der Waals surface area contributed by atoms with E-state index in [1.54, 1.807) is 0 Å². The van der Waals surface area contributed by atoms with Crippen LogP contribution in [0.3, 0.4) is 0 Å². The average Bonchev–Trinajstić information content (AvgIpc) is 2.70. The summed E-state index contributed by atoms with van der Waals surface area (Å²) >= 11 is 0. The Bertz CT molecular complexity index is 676. The number of hydrogen-bond acceptors (Lipinski definition) is 4. The first-order valence-corrected chi connectivity index (χ1v) is 10.1. The number of fused-ring (bicyclic) bond motifs is 1. The predicted molar refractivity (Wildman–Crippen MR) is 108 cm³/mol. The van der Waals surface area contributed by atoms with Crippen LogP contribution in [-0.4, -0.2) is 47.0 Å². The van der Waals surface area contributed by atoms with Crippen LogP contribution in [0, 0.1) is 0 Å². The molecule has 2 aromatic carbocycles. The number of benzene rings is 2. The molecule has 0 spiro atoms. The van der Waals surface area contributed by atoms with Gasteiger partial charge in [0.15, 0.2) is 0 Å². The second-order valence-electron chi connectivity index (χ2n) is 7.41. The third kappa shape index (κ3) is 6.35. The maximum Gasteiger partial charge on any atom is 0.122 e. The predicted octanol–water partition coefficient (Wildman–Crippen LogP) is 3.41. The zero-order valence-corrected chi connectivity index (χ0v) is 16.0. The number of aliphatic hydroxyl groups excluding tert-OH is 2. The summed E-state index contributed by atoms with van der Waals surface area (Å²) < 4.78 is 5.81. The Labute approximate surface area is 162 Å². The van der Waals surface area contributed by atoms with E-state index in [-0.39, 0.29) is 6.61 Å². The molecule has 0 saturated heterocycles. The van der Waals surface area contributed by atoms with Crippen LogP contribution in [0.4, 0.5) is 0 Å². The summed E-state index contributed by atoms with van der Waals surface area (Å²) in [5.74, 6) is 0.825. The van der Waals surface area contributed by atoms with E-state index in [2.05, 4.69) is 35.2 Å². The van der Waals surface area contributed by atoms with Crippen LogP contribution >= 0.6 is 0 Å². The Morgan fingerprint density at radius 3 is 2.48 bits per heavy atom. The molecule has 2 N–H and O–H groups in total. The average molecular weight is 370 g/mol. The molecule has 4 heteroatoms. The first kappa shape index (κ1) is 19.9. The summed E-state index contributed by atoms with van der Waals surface area (Å²) in [5, 5.41) is 20.7. The molecule has 0 aromatic heterocycles. The van der Waals surface area contributed by atoms with Gasteiger partial charge in [0.2, 0.25) is 0 Å². The molecule has 0 bridgehead atoms. The summed E-state index contributed by atoms with van der Waals surface area (Å²) in [4.78, 5) is 2.38. The number of aliphatic hydroxyl groups is 2. The Balaban J connectivity index is 1.65. The van der Waals surface area contributed by atoms with Gasteiger partial charge in [0, 0.05) is 13.1 Å². The van der Waals surface area contributed by atoms with Gasteiger partial charge in [0.05, 0.1) is 6.10 Å². The van der Waals surface area contributed by atoms with Crippen LogP contribution in [0.2, 0.25) is 0 Å². The molecular formula is C23H31NO3. The fourth-order valence-electron chi connectivity index (χ4n) is 3.58. The van der Waals surface area contributed by atoms with E-state index < -0.39 is 12.2 Å². The van der Waals surface area contributed by atoms with E-state index in [0.29, 0.717) is 6.42 Å². The van der Waals surface area contributed by atoms with Crippen molar-refractivity contribution >= 4 is 0 Å². The van der Waals surface area contributed by atoms with Gasteiger partial charge in [-0.25, -0.2) is 0 Å². The fourth-order valence-corrected chi connectivity index (χ4v) is 3.58. The molecule has 4 nitrogen and oxygen atoms in total. The van der Waals surface area contributed by atoms with E-state index in [1.165, 1.54) is 17.5 Å². The maximum absolute atomic E-state index is 10.4. The number of aryl methyl sites for hydroxylation is 1. The van der Waals surface area contributed by atoms with Crippen molar-refractivity contribution in [1.82, 2.24) is 4.90 Å². The monoisotopic (exact) mass is 369 g/mol. The minimum Gasteiger partial charge on any atom is -0.491 e. The smallest absolute Gasteiger partial charge is 0.122 e.